The summed E-state index contributed by atoms with van der Waals surface area (Å²) in [5.41, 5.74) is 4.80. The Labute approximate surface area is 170 Å². The van der Waals surface area contributed by atoms with Gasteiger partial charge in [-0.05, 0) is 54.3 Å². The number of anilines is 1. The molecule has 0 bridgehead atoms. The van der Waals surface area contributed by atoms with Crippen molar-refractivity contribution in [2.75, 3.05) is 11.9 Å². The predicted molar refractivity (Wildman–Crippen MR) is 112 cm³/mol. The first kappa shape index (κ1) is 17.7. The van der Waals surface area contributed by atoms with Crippen molar-refractivity contribution in [1.29, 1.82) is 0 Å². The van der Waals surface area contributed by atoms with Crippen LogP contribution in [0.25, 0.3) is 0 Å². The minimum absolute atomic E-state index is 0.0321. The van der Waals surface area contributed by atoms with E-state index in [2.05, 4.69) is 34.3 Å². The van der Waals surface area contributed by atoms with E-state index < -0.39 is 0 Å². The first-order valence-electron chi connectivity index (χ1n) is 10.1. The molecule has 2 aliphatic heterocycles. The third kappa shape index (κ3) is 3.23. The fourth-order valence-corrected chi connectivity index (χ4v) is 4.46. The number of rotatable bonds is 2. The van der Waals surface area contributed by atoms with E-state index in [0.29, 0.717) is 18.5 Å². The van der Waals surface area contributed by atoms with E-state index in [4.69, 9.17) is 0 Å². The maximum absolute atomic E-state index is 13.6. The summed E-state index contributed by atoms with van der Waals surface area (Å²) in [6.07, 6.45) is 4.22. The van der Waals surface area contributed by atoms with Crippen LogP contribution < -0.4 is 5.32 Å². The van der Waals surface area contributed by atoms with E-state index in [1.807, 2.05) is 47.4 Å². The number of benzene rings is 2. The fourth-order valence-electron chi connectivity index (χ4n) is 4.46. The Bertz CT molecular complexity index is 1070. The van der Waals surface area contributed by atoms with E-state index in [0.717, 1.165) is 41.9 Å². The second-order valence-electron chi connectivity index (χ2n) is 7.71. The minimum Gasteiger partial charge on any atom is -0.348 e. The van der Waals surface area contributed by atoms with Crippen LogP contribution in [-0.4, -0.2) is 27.8 Å². The summed E-state index contributed by atoms with van der Waals surface area (Å²) in [5, 5.41) is 2.95. The SMILES string of the molecule is O=C1CCCc2cc(C(=O)N3CCn4cccc4[C@@H]3c3ccccc3)ccc2N1. The average Bonchev–Trinajstić information content (AvgIpc) is 3.15. The lowest BCUT2D eigenvalue weighted by Gasteiger charge is -2.37. The van der Waals surface area contributed by atoms with E-state index >= 15 is 0 Å². The summed E-state index contributed by atoms with van der Waals surface area (Å²) in [5.74, 6) is 0.0773. The molecule has 0 fully saturated rings. The predicted octanol–water partition coefficient (Wildman–Crippen LogP) is 4.01. The standard InChI is InChI=1S/C24H23N3O2/c28-22-10-4-8-18-16-19(11-12-20(18)25-22)24(29)27-15-14-26-13-5-9-21(26)23(27)17-6-2-1-3-7-17/h1-3,5-7,9,11-13,16,23H,4,8,10,14-15H2,(H,25,28)/t23-/m0/s1. The number of nitrogens with one attached hydrogen (secondary N) is 1. The van der Waals surface area contributed by atoms with Gasteiger partial charge in [-0.3, -0.25) is 9.59 Å². The van der Waals surface area contributed by atoms with Gasteiger partial charge in [0.2, 0.25) is 5.91 Å². The highest BCUT2D eigenvalue weighted by Crippen LogP contribution is 2.34. The Morgan fingerprint density at radius 3 is 2.69 bits per heavy atom. The van der Waals surface area contributed by atoms with Gasteiger partial charge >= 0.3 is 0 Å². The van der Waals surface area contributed by atoms with Crippen LogP contribution in [0.4, 0.5) is 5.69 Å². The van der Waals surface area contributed by atoms with E-state index in [-0.39, 0.29) is 17.9 Å². The molecule has 3 aromatic rings. The number of carbonyl (C=O) groups is 2. The van der Waals surface area contributed by atoms with Gasteiger partial charge in [0.15, 0.2) is 0 Å². The van der Waals surface area contributed by atoms with Crippen molar-refractivity contribution in [3.05, 3.63) is 89.2 Å². The molecule has 1 aromatic heterocycles. The van der Waals surface area contributed by atoms with Gasteiger partial charge in [0.05, 0.1) is 6.04 Å². The number of aryl methyl sites for hydroxylation is 1. The van der Waals surface area contributed by atoms with Crippen LogP contribution in [0.15, 0.2) is 66.9 Å². The second-order valence-corrected chi connectivity index (χ2v) is 7.71. The molecule has 5 nitrogen and oxygen atoms in total. The number of hydrogen-bond acceptors (Lipinski definition) is 2. The average molecular weight is 385 g/mol. The zero-order valence-electron chi connectivity index (χ0n) is 16.2. The molecule has 0 saturated carbocycles. The van der Waals surface area contributed by atoms with Crippen LogP contribution in [-0.2, 0) is 17.8 Å². The molecule has 0 aliphatic carbocycles. The normalized spacial score (nSPS) is 18.4. The Morgan fingerprint density at radius 2 is 1.83 bits per heavy atom. The van der Waals surface area contributed by atoms with Crippen molar-refractivity contribution < 1.29 is 9.59 Å². The number of hydrogen-bond donors (Lipinski definition) is 1. The highest BCUT2D eigenvalue weighted by Gasteiger charge is 2.32. The molecular formula is C24H23N3O2. The first-order chi connectivity index (χ1) is 14.2. The van der Waals surface area contributed by atoms with Crippen molar-refractivity contribution >= 4 is 17.5 Å². The quantitative estimate of drug-likeness (QED) is 0.725. The molecule has 1 atom stereocenters. The van der Waals surface area contributed by atoms with Gasteiger partial charge < -0.3 is 14.8 Å². The van der Waals surface area contributed by atoms with Gasteiger partial charge in [-0.25, -0.2) is 0 Å². The maximum atomic E-state index is 13.6. The Morgan fingerprint density at radius 1 is 0.966 bits per heavy atom. The monoisotopic (exact) mass is 385 g/mol. The molecule has 0 spiro atoms. The van der Waals surface area contributed by atoms with Crippen molar-refractivity contribution in [1.82, 2.24) is 9.47 Å². The number of aromatic nitrogens is 1. The summed E-state index contributed by atoms with van der Waals surface area (Å²) in [6, 6.07) is 19.9. The lowest BCUT2D eigenvalue weighted by atomic mass is 9.98. The van der Waals surface area contributed by atoms with Crippen LogP contribution in [0.3, 0.4) is 0 Å². The number of carbonyl (C=O) groups excluding carboxylic acids is 2. The van der Waals surface area contributed by atoms with Gasteiger partial charge in [0.25, 0.3) is 5.91 Å². The van der Waals surface area contributed by atoms with Gasteiger partial charge in [-0.2, -0.15) is 0 Å². The summed E-state index contributed by atoms with van der Waals surface area (Å²) < 4.78 is 2.23. The largest absolute Gasteiger partial charge is 0.348 e. The zero-order chi connectivity index (χ0) is 19.8. The molecule has 2 aromatic carbocycles. The van der Waals surface area contributed by atoms with Crippen molar-refractivity contribution in [2.24, 2.45) is 0 Å². The fraction of sp³-hybridized carbons (Fsp3) is 0.250. The van der Waals surface area contributed by atoms with Crippen LogP contribution in [0.1, 0.15) is 46.1 Å². The van der Waals surface area contributed by atoms with Crippen LogP contribution >= 0.6 is 0 Å². The Kier molecular flexibility index (Phi) is 4.43. The molecule has 5 heteroatoms. The number of nitrogens with zero attached hydrogens (tertiary/aromatic N) is 2. The van der Waals surface area contributed by atoms with Crippen molar-refractivity contribution in [3.8, 4) is 0 Å². The molecule has 3 heterocycles. The lowest BCUT2D eigenvalue weighted by molar-refractivity contribution is -0.116. The maximum Gasteiger partial charge on any atom is 0.254 e. The third-order valence-electron chi connectivity index (χ3n) is 5.89. The molecule has 146 valence electrons. The van der Waals surface area contributed by atoms with Gasteiger partial charge in [-0.15, -0.1) is 0 Å². The highest BCUT2D eigenvalue weighted by atomic mass is 16.2. The van der Waals surface area contributed by atoms with Crippen molar-refractivity contribution in [2.45, 2.75) is 31.8 Å². The summed E-state index contributed by atoms with van der Waals surface area (Å²) in [7, 11) is 0. The smallest absolute Gasteiger partial charge is 0.254 e. The second kappa shape index (κ2) is 7.24. The third-order valence-corrected chi connectivity index (χ3v) is 5.89. The van der Waals surface area contributed by atoms with E-state index in [1.165, 1.54) is 0 Å². The summed E-state index contributed by atoms with van der Waals surface area (Å²) in [4.78, 5) is 27.4. The van der Waals surface area contributed by atoms with Gasteiger partial charge in [-0.1, -0.05) is 30.3 Å². The molecule has 0 radical (unpaired) electrons. The molecule has 29 heavy (non-hydrogen) atoms. The van der Waals surface area contributed by atoms with Crippen LogP contribution in [0.2, 0.25) is 0 Å². The van der Waals surface area contributed by atoms with E-state index in [1.54, 1.807) is 0 Å². The lowest BCUT2D eigenvalue weighted by Crippen LogP contribution is -2.42. The summed E-state index contributed by atoms with van der Waals surface area (Å²) >= 11 is 0. The zero-order valence-corrected chi connectivity index (χ0v) is 16.2. The Balaban J connectivity index is 1.52. The van der Waals surface area contributed by atoms with Crippen LogP contribution in [0.5, 0.6) is 0 Å². The molecule has 2 aliphatic rings. The van der Waals surface area contributed by atoms with Crippen molar-refractivity contribution in [3.63, 3.8) is 0 Å². The van der Waals surface area contributed by atoms with Crippen LogP contribution in [0, 0.1) is 0 Å². The highest BCUT2D eigenvalue weighted by molar-refractivity contribution is 5.97. The number of fused-ring (bicyclic) bond motifs is 2. The molecule has 1 N–H and O–H groups in total. The summed E-state index contributed by atoms with van der Waals surface area (Å²) in [6.45, 7) is 1.45. The molecular weight excluding hydrogens is 362 g/mol. The van der Waals surface area contributed by atoms with Gasteiger partial charge in [0, 0.05) is 42.7 Å². The van der Waals surface area contributed by atoms with E-state index in [9.17, 15) is 9.59 Å². The minimum atomic E-state index is -0.106. The molecule has 0 saturated heterocycles. The van der Waals surface area contributed by atoms with Gasteiger partial charge in [0.1, 0.15) is 0 Å². The molecule has 2 amide bonds. The topological polar surface area (TPSA) is 54.3 Å². The molecule has 5 rings (SSSR count). The number of amides is 2. The Hall–Kier alpha value is -3.34. The molecule has 0 unspecified atom stereocenters. The first-order valence-corrected chi connectivity index (χ1v) is 10.1.